The number of aliphatic imine (C=N–C) groups is 1. The highest BCUT2D eigenvalue weighted by atomic mass is 16.5. The van der Waals surface area contributed by atoms with Crippen LogP contribution in [0.25, 0.3) is 0 Å². The number of ether oxygens (including phenoxy) is 1. The molecule has 5 rings (SSSR count). The monoisotopic (exact) mass is 411 g/mol. The first-order valence-corrected chi connectivity index (χ1v) is 10.8. The number of amides is 1. The lowest BCUT2D eigenvalue weighted by Gasteiger charge is -2.25. The van der Waals surface area contributed by atoms with Crippen molar-refractivity contribution in [1.29, 1.82) is 0 Å². The van der Waals surface area contributed by atoms with Gasteiger partial charge >= 0.3 is 0 Å². The van der Waals surface area contributed by atoms with E-state index in [-0.39, 0.29) is 5.91 Å². The molecular formula is C26H25N3O2. The molecule has 3 aromatic carbocycles. The molecule has 0 aromatic heterocycles. The van der Waals surface area contributed by atoms with Crippen LogP contribution in [0.2, 0.25) is 0 Å². The molecule has 156 valence electrons. The highest BCUT2D eigenvalue weighted by molar-refractivity contribution is 6.03. The van der Waals surface area contributed by atoms with Gasteiger partial charge in [-0.2, -0.15) is 0 Å². The molecule has 2 aliphatic rings. The summed E-state index contributed by atoms with van der Waals surface area (Å²) in [6.07, 6.45) is 1.36. The number of nitrogens with zero attached hydrogens (tertiary/aromatic N) is 3. The lowest BCUT2D eigenvalue weighted by molar-refractivity contribution is -0.130. The van der Waals surface area contributed by atoms with Gasteiger partial charge in [0.1, 0.15) is 17.3 Å². The van der Waals surface area contributed by atoms with Crippen LogP contribution in [0.5, 0.6) is 11.5 Å². The van der Waals surface area contributed by atoms with E-state index < -0.39 is 0 Å². The maximum Gasteiger partial charge on any atom is 0.227 e. The Morgan fingerprint density at radius 2 is 1.55 bits per heavy atom. The molecule has 0 N–H and O–H groups in total. The number of fused-ring (bicyclic) bond motifs is 2. The van der Waals surface area contributed by atoms with Gasteiger partial charge in [-0.1, -0.05) is 54.6 Å². The SMILES string of the molecule is O=C(Cc1ccccc1)N1CCCN(C2=Nc3ccccc3Oc3ccccc32)CC1. The third kappa shape index (κ3) is 4.17. The zero-order valence-corrected chi connectivity index (χ0v) is 17.4. The van der Waals surface area contributed by atoms with Gasteiger partial charge in [0.25, 0.3) is 0 Å². The van der Waals surface area contributed by atoms with Crippen molar-refractivity contribution in [3.63, 3.8) is 0 Å². The molecule has 2 aliphatic heterocycles. The van der Waals surface area contributed by atoms with Gasteiger partial charge in [-0.15, -0.1) is 0 Å². The van der Waals surface area contributed by atoms with Crippen molar-refractivity contribution in [3.05, 3.63) is 90.0 Å². The normalized spacial score (nSPS) is 15.7. The van der Waals surface area contributed by atoms with Crippen LogP contribution in [-0.2, 0) is 11.2 Å². The van der Waals surface area contributed by atoms with Gasteiger partial charge < -0.3 is 14.5 Å². The Balaban J connectivity index is 1.38. The van der Waals surface area contributed by atoms with E-state index in [0.717, 1.165) is 60.2 Å². The minimum Gasteiger partial charge on any atom is -0.454 e. The van der Waals surface area contributed by atoms with Crippen molar-refractivity contribution in [2.45, 2.75) is 12.8 Å². The number of carbonyl (C=O) groups is 1. The standard InChI is InChI=1S/C26H25N3O2/c30-25(19-20-9-2-1-3-10-20)28-15-8-16-29(18-17-28)26-21-11-4-6-13-23(21)31-24-14-7-5-12-22(24)27-26/h1-7,9-14H,8,15-19H2. The van der Waals surface area contributed by atoms with Crippen LogP contribution in [0.15, 0.2) is 83.9 Å². The molecule has 31 heavy (non-hydrogen) atoms. The van der Waals surface area contributed by atoms with Crippen molar-refractivity contribution in [2.75, 3.05) is 26.2 Å². The van der Waals surface area contributed by atoms with Crippen LogP contribution in [0, 0.1) is 0 Å². The molecule has 0 radical (unpaired) electrons. The Labute approximate surface area is 182 Å². The second-order valence-electron chi connectivity index (χ2n) is 7.89. The average Bonchev–Trinajstić information content (AvgIpc) is 3.14. The zero-order valence-electron chi connectivity index (χ0n) is 17.4. The molecule has 1 fully saturated rings. The molecule has 5 heteroatoms. The predicted molar refractivity (Wildman–Crippen MR) is 122 cm³/mol. The molecule has 2 heterocycles. The molecule has 0 spiro atoms. The molecule has 0 aliphatic carbocycles. The summed E-state index contributed by atoms with van der Waals surface area (Å²) in [5.41, 5.74) is 2.88. The van der Waals surface area contributed by atoms with Crippen LogP contribution < -0.4 is 4.74 Å². The van der Waals surface area contributed by atoms with E-state index in [1.165, 1.54) is 0 Å². The Morgan fingerprint density at radius 1 is 0.806 bits per heavy atom. The Hall–Kier alpha value is -3.60. The number of amidine groups is 1. The molecule has 1 amide bonds. The van der Waals surface area contributed by atoms with Gasteiger partial charge in [0.15, 0.2) is 5.75 Å². The van der Waals surface area contributed by atoms with Crippen molar-refractivity contribution >= 4 is 17.4 Å². The van der Waals surface area contributed by atoms with Crippen LogP contribution in [0.4, 0.5) is 5.69 Å². The summed E-state index contributed by atoms with van der Waals surface area (Å²) in [6, 6.07) is 25.9. The minimum absolute atomic E-state index is 0.185. The van der Waals surface area contributed by atoms with E-state index in [9.17, 15) is 4.79 Å². The van der Waals surface area contributed by atoms with E-state index in [0.29, 0.717) is 13.0 Å². The van der Waals surface area contributed by atoms with E-state index >= 15 is 0 Å². The van der Waals surface area contributed by atoms with Gasteiger partial charge in [0.2, 0.25) is 5.91 Å². The fourth-order valence-electron chi connectivity index (χ4n) is 4.17. The number of hydrogen-bond acceptors (Lipinski definition) is 4. The topological polar surface area (TPSA) is 45.1 Å². The third-order valence-corrected chi connectivity index (χ3v) is 5.79. The van der Waals surface area contributed by atoms with Gasteiger partial charge in [-0.3, -0.25) is 4.79 Å². The molecule has 0 saturated carbocycles. The van der Waals surface area contributed by atoms with Crippen molar-refractivity contribution in [1.82, 2.24) is 9.80 Å². The number of hydrogen-bond donors (Lipinski definition) is 0. The molecule has 0 atom stereocenters. The third-order valence-electron chi connectivity index (χ3n) is 5.79. The number of rotatable bonds is 2. The molecule has 0 unspecified atom stereocenters. The quantitative estimate of drug-likeness (QED) is 0.617. The second-order valence-corrected chi connectivity index (χ2v) is 7.89. The first-order valence-electron chi connectivity index (χ1n) is 10.8. The van der Waals surface area contributed by atoms with E-state index in [4.69, 9.17) is 9.73 Å². The van der Waals surface area contributed by atoms with Gasteiger partial charge in [-0.25, -0.2) is 4.99 Å². The highest BCUT2D eigenvalue weighted by Crippen LogP contribution is 2.37. The molecule has 1 saturated heterocycles. The average molecular weight is 412 g/mol. The summed E-state index contributed by atoms with van der Waals surface area (Å²) in [7, 11) is 0. The molecule has 0 bridgehead atoms. The smallest absolute Gasteiger partial charge is 0.227 e. The van der Waals surface area contributed by atoms with Crippen molar-refractivity contribution < 1.29 is 9.53 Å². The summed E-state index contributed by atoms with van der Waals surface area (Å²) in [5.74, 6) is 2.68. The second kappa shape index (κ2) is 8.64. The van der Waals surface area contributed by atoms with E-state index in [2.05, 4.69) is 11.0 Å². The fraction of sp³-hybridized carbons (Fsp3) is 0.231. The van der Waals surface area contributed by atoms with Crippen LogP contribution in [-0.4, -0.2) is 47.7 Å². The van der Waals surface area contributed by atoms with Crippen LogP contribution in [0.3, 0.4) is 0 Å². The van der Waals surface area contributed by atoms with E-state index in [1.807, 2.05) is 77.7 Å². The Kier molecular flexibility index (Phi) is 5.40. The molecule has 5 nitrogen and oxygen atoms in total. The summed E-state index contributed by atoms with van der Waals surface area (Å²) >= 11 is 0. The van der Waals surface area contributed by atoms with Crippen molar-refractivity contribution in [3.8, 4) is 11.5 Å². The van der Waals surface area contributed by atoms with Crippen LogP contribution >= 0.6 is 0 Å². The maximum atomic E-state index is 12.9. The maximum absolute atomic E-state index is 12.9. The first kappa shape index (κ1) is 19.4. The van der Waals surface area contributed by atoms with Crippen LogP contribution in [0.1, 0.15) is 17.5 Å². The molecular weight excluding hydrogens is 386 g/mol. The number of para-hydroxylation sites is 3. The highest BCUT2D eigenvalue weighted by Gasteiger charge is 2.25. The summed E-state index contributed by atoms with van der Waals surface area (Å²) in [5, 5.41) is 0. The minimum atomic E-state index is 0.185. The largest absolute Gasteiger partial charge is 0.454 e. The number of carbonyl (C=O) groups excluding carboxylic acids is 1. The van der Waals surface area contributed by atoms with E-state index in [1.54, 1.807) is 0 Å². The van der Waals surface area contributed by atoms with Gasteiger partial charge in [0.05, 0.1) is 12.0 Å². The lowest BCUT2D eigenvalue weighted by atomic mass is 10.1. The zero-order chi connectivity index (χ0) is 21.0. The lowest BCUT2D eigenvalue weighted by Crippen LogP contribution is -2.38. The molecule has 3 aromatic rings. The fourth-order valence-corrected chi connectivity index (χ4v) is 4.17. The van der Waals surface area contributed by atoms with Gasteiger partial charge in [0, 0.05) is 26.2 Å². The summed E-state index contributed by atoms with van der Waals surface area (Å²) in [6.45, 7) is 3.06. The predicted octanol–water partition coefficient (Wildman–Crippen LogP) is 4.65. The Bertz CT molecular complexity index is 1110. The van der Waals surface area contributed by atoms with Crippen molar-refractivity contribution in [2.24, 2.45) is 4.99 Å². The van der Waals surface area contributed by atoms with Gasteiger partial charge in [-0.05, 0) is 36.2 Å². The summed E-state index contributed by atoms with van der Waals surface area (Å²) < 4.78 is 6.17. The Morgan fingerprint density at radius 3 is 2.42 bits per heavy atom. The summed E-state index contributed by atoms with van der Waals surface area (Å²) in [4.78, 5) is 22.2. The first-order chi connectivity index (χ1) is 15.3. The number of benzene rings is 3.